The molecule has 0 saturated heterocycles. The van der Waals surface area contributed by atoms with Gasteiger partial charge in [-0.05, 0) is 37.8 Å². The topological polar surface area (TPSA) is 52.9 Å². The van der Waals surface area contributed by atoms with Crippen molar-refractivity contribution < 1.29 is 4.79 Å². The second-order valence-corrected chi connectivity index (χ2v) is 5.31. The van der Waals surface area contributed by atoms with Crippen LogP contribution in [0.5, 0.6) is 0 Å². The first-order chi connectivity index (χ1) is 8.99. The Morgan fingerprint density at radius 3 is 2.21 bits per heavy atom. The zero-order valence-corrected chi connectivity index (χ0v) is 12.0. The lowest BCUT2D eigenvalue weighted by Crippen LogP contribution is -2.36. The quantitative estimate of drug-likeness (QED) is 0.853. The van der Waals surface area contributed by atoms with E-state index in [2.05, 4.69) is 36.5 Å². The molecule has 1 rings (SSSR count). The Morgan fingerprint density at radius 2 is 1.74 bits per heavy atom. The number of nitriles is 1. The lowest BCUT2D eigenvalue weighted by molar-refractivity contribution is -0.126. The molecule has 1 amide bonds. The first-order valence-corrected chi connectivity index (χ1v) is 6.77. The van der Waals surface area contributed by atoms with Crippen LogP contribution in [-0.4, -0.2) is 12.5 Å². The van der Waals surface area contributed by atoms with Crippen LogP contribution in [0.15, 0.2) is 24.3 Å². The van der Waals surface area contributed by atoms with Gasteiger partial charge in [0.1, 0.15) is 5.41 Å². The van der Waals surface area contributed by atoms with Crippen molar-refractivity contribution in [2.45, 2.75) is 40.0 Å². The predicted molar refractivity (Wildman–Crippen MR) is 76.5 cm³/mol. The molecule has 3 nitrogen and oxygen atoms in total. The van der Waals surface area contributed by atoms with Crippen LogP contribution in [-0.2, 0) is 17.6 Å². The van der Waals surface area contributed by atoms with Crippen molar-refractivity contribution in [2.24, 2.45) is 5.41 Å². The number of benzene rings is 1. The molecule has 0 bridgehead atoms. The third-order valence-corrected chi connectivity index (χ3v) is 3.11. The van der Waals surface area contributed by atoms with E-state index in [4.69, 9.17) is 5.26 Å². The summed E-state index contributed by atoms with van der Waals surface area (Å²) in [6, 6.07) is 10.5. The summed E-state index contributed by atoms with van der Waals surface area (Å²) in [6.07, 6.45) is 3.05. The standard InChI is InChI=1S/C16H22N2O/c1-4-5-13-6-8-14(9-7-13)10-11-18-15(19)16(2,3)12-17/h6-9H,4-5,10-11H2,1-3H3,(H,18,19). The molecule has 0 aromatic heterocycles. The summed E-state index contributed by atoms with van der Waals surface area (Å²) in [5, 5.41) is 11.7. The fourth-order valence-electron chi connectivity index (χ4n) is 1.75. The van der Waals surface area contributed by atoms with Crippen LogP contribution in [0.3, 0.4) is 0 Å². The lowest BCUT2D eigenvalue weighted by Gasteiger charge is -2.14. The molecule has 1 aromatic carbocycles. The molecule has 0 aliphatic heterocycles. The third-order valence-electron chi connectivity index (χ3n) is 3.11. The number of nitrogens with zero attached hydrogens (tertiary/aromatic N) is 1. The Hall–Kier alpha value is -1.82. The number of aryl methyl sites for hydroxylation is 1. The van der Waals surface area contributed by atoms with Gasteiger partial charge in [0.05, 0.1) is 6.07 Å². The van der Waals surface area contributed by atoms with Gasteiger partial charge in [0.15, 0.2) is 0 Å². The van der Waals surface area contributed by atoms with Gasteiger partial charge in [0.2, 0.25) is 5.91 Å². The highest BCUT2D eigenvalue weighted by molar-refractivity contribution is 5.84. The van der Waals surface area contributed by atoms with Gasteiger partial charge in [0.25, 0.3) is 0 Å². The molecule has 0 saturated carbocycles. The van der Waals surface area contributed by atoms with Crippen molar-refractivity contribution in [3.05, 3.63) is 35.4 Å². The van der Waals surface area contributed by atoms with Crippen LogP contribution >= 0.6 is 0 Å². The minimum atomic E-state index is -0.953. The highest BCUT2D eigenvalue weighted by Gasteiger charge is 2.26. The van der Waals surface area contributed by atoms with Crippen molar-refractivity contribution >= 4 is 5.91 Å². The summed E-state index contributed by atoms with van der Waals surface area (Å²) in [6.45, 7) is 5.99. The molecule has 0 atom stereocenters. The van der Waals surface area contributed by atoms with Gasteiger partial charge in [-0.2, -0.15) is 5.26 Å². The molecule has 102 valence electrons. The van der Waals surface area contributed by atoms with Gasteiger partial charge in [0, 0.05) is 6.54 Å². The van der Waals surface area contributed by atoms with Crippen LogP contribution in [0, 0.1) is 16.7 Å². The summed E-state index contributed by atoms with van der Waals surface area (Å²) in [7, 11) is 0. The molecule has 0 spiro atoms. The molecule has 1 aromatic rings. The number of amides is 1. The minimum absolute atomic E-state index is 0.211. The fourth-order valence-corrected chi connectivity index (χ4v) is 1.75. The smallest absolute Gasteiger partial charge is 0.239 e. The van der Waals surface area contributed by atoms with Crippen molar-refractivity contribution in [1.29, 1.82) is 5.26 Å². The van der Waals surface area contributed by atoms with E-state index >= 15 is 0 Å². The average molecular weight is 258 g/mol. The van der Waals surface area contributed by atoms with Crippen molar-refractivity contribution in [2.75, 3.05) is 6.54 Å². The van der Waals surface area contributed by atoms with E-state index in [1.54, 1.807) is 13.8 Å². The van der Waals surface area contributed by atoms with Crippen molar-refractivity contribution in [1.82, 2.24) is 5.32 Å². The number of carbonyl (C=O) groups is 1. The van der Waals surface area contributed by atoms with Gasteiger partial charge in [-0.3, -0.25) is 4.79 Å². The van der Waals surface area contributed by atoms with Gasteiger partial charge in [-0.1, -0.05) is 37.6 Å². The van der Waals surface area contributed by atoms with E-state index in [0.717, 1.165) is 19.3 Å². The molecule has 1 N–H and O–H groups in total. The van der Waals surface area contributed by atoms with Gasteiger partial charge in [-0.25, -0.2) is 0 Å². The number of rotatable bonds is 6. The Bertz CT molecular complexity index is 455. The predicted octanol–water partition coefficient (Wildman–Crippen LogP) is 2.85. The molecular formula is C16H22N2O. The van der Waals surface area contributed by atoms with E-state index in [1.165, 1.54) is 11.1 Å². The molecule has 0 heterocycles. The summed E-state index contributed by atoms with van der Waals surface area (Å²) >= 11 is 0. The maximum Gasteiger partial charge on any atom is 0.239 e. The van der Waals surface area contributed by atoms with Gasteiger partial charge < -0.3 is 5.32 Å². The minimum Gasteiger partial charge on any atom is -0.354 e. The average Bonchev–Trinajstić information content (AvgIpc) is 2.41. The van der Waals surface area contributed by atoms with E-state index < -0.39 is 5.41 Å². The summed E-state index contributed by atoms with van der Waals surface area (Å²) < 4.78 is 0. The van der Waals surface area contributed by atoms with Crippen LogP contribution < -0.4 is 5.32 Å². The molecule has 19 heavy (non-hydrogen) atoms. The number of nitrogens with one attached hydrogen (secondary N) is 1. The number of hydrogen-bond donors (Lipinski definition) is 1. The van der Waals surface area contributed by atoms with E-state index in [1.807, 2.05) is 6.07 Å². The van der Waals surface area contributed by atoms with Crippen LogP contribution in [0.4, 0.5) is 0 Å². The maximum atomic E-state index is 11.7. The summed E-state index contributed by atoms with van der Waals surface area (Å²) in [5.74, 6) is -0.211. The van der Waals surface area contributed by atoms with E-state index in [0.29, 0.717) is 6.54 Å². The van der Waals surface area contributed by atoms with Gasteiger partial charge in [-0.15, -0.1) is 0 Å². The molecule has 3 heteroatoms. The molecule has 0 unspecified atom stereocenters. The second-order valence-electron chi connectivity index (χ2n) is 5.31. The maximum absolute atomic E-state index is 11.7. The lowest BCUT2D eigenvalue weighted by atomic mass is 9.95. The Kier molecular flexibility index (Phi) is 5.57. The van der Waals surface area contributed by atoms with E-state index in [-0.39, 0.29) is 5.91 Å². The van der Waals surface area contributed by atoms with E-state index in [9.17, 15) is 4.79 Å². The normalized spacial score (nSPS) is 10.8. The molecule has 0 aliphatic carbocycles. The number of carbonyl (C=O) groups excluding carboxylic acids is 1. The monoisotopic (exact) mass is 258 g/mol. The third kappa shape index (κ3) is 4.75. The zero-order valence-electron chi connectivity index (χ0n) is 12.0. The Labute approximate surface area is 115 Å². The second kappa shape index (κ2) is 6.94. The zero-order chi connectivity index (χ0) is 14.3. The summed E-state index contributed by atoms with van der Waals surface area (Å²) in [5.41, 5.74) is 1.60. The van der Waals surface area contributed by atoms with Crippen LogP contribution in [0.1, 0.15) is 38.3 Å². The molecule has 0 radical (unpaired) electrons. The molecular weight excluding hydrogens is 236 g/mol. The van der Waals surface area contributed by atoms with Gasteiger partial charge >= 0.3 is 0 Å². The van der Waals surface area contributed by atoms with Crippen molar-refractivity contribution in [3.8, 4) is 6.07 Å². The largest absolute Gasteiger partial charge is 0.354 e. The molecule has 0 fully saturated rings. The highest BCUT2D eigenvalue weighted by Crippen LogP contribution is 2.12. The Balaban J connectivity index is 2.42. The first-order valence-electron chi connectivity index (χ1n) is 6.77. The van der Waals surface area contributed by atoms with Crippen LogP contribution in [0.2, 0.25) is 0 Å². The first kappa shape index (κ1) is 15.2. The van der Waals surface area contributed by atoms with Crippen molar-refractivity contribution in [3.63, 3.8) is 0 Å². The fraction of sp³-hybridized carbons (Fsp3) is 0.500. The Morgan fingerprint density at radius 1 is 1.21 bits per heavy atom. The SMILES string of the molecule is CCCc1ccc(CCNC(=O)C(C)(C)C#N)cc1. The summed E-state index contributed by atoms with van der Waals surface area (Å²) in [4.78, 5) is 11.7. The number of hydrogen-bond acceptors (Lipinski definition) is 2. The highest BCUT2D eigenvalue weighted by atomic mass is 16.2. The molecule has 0 aliphatic rings. The van der Waals surface area contributed by atoms with Crippen LogP contribution in [0.25, 0.3) is 0 Å².